The van der Waals surface area contributed by atoms with Gasteiger partial charge in [0.2, 0.25) is 5.91 Å². The van der Waals surface area contributed by atoms with E-state index in [2.05, 4.69) is 41.4 Å². The van der Waals surface area contributed by atoms with Crippen LogP contribution in [0.5, 0.6) is 5.75 Å². The number of ketones is 1. The summed E-state index contributed by atoms with van der Waals surface area (Å²) in [6, 6.07) is 13.4. The van der Waals surface area contributed by atoms with Crippen molar-refractivity contribution in [2.24, 2.45) is 0 Å². The van der Waals surface area contributed by atoms with Crippen LogP contribution in [0.2, 0.25) is 0 Å². The quantitative estimate of drug-likeness (QED) is 0.0940. The number of hydrogen-bond donors (Lipinski definition) is 1. The number of thiazole rings is 1. The molecule has 42 heavy (non-hydrogen) atoms. The van der Waals surface area contributed by atoms with Gasteiger partial charge in [-0.05, 0) is 56.2 Å². The minimum absolute atomic E-state index is 0. The first-order chi connectivity index (χ1) is 20.0. The Labute approximate surface area is 263 Å². The molecular formula is C35H49ClN2O3S. The van der Waals surface area contributed by atoms with E-state index in [0.29, 0.717) is 17.9 Å². The number of aromatic nitrogens is 1. The van der Waals surface area contributed by atoms with Crippen molar-refractivity contribution in [2.75, 3.05) is 11.9 Å². The summed E-state index contributed by atoms with van der Waals surface area (Å²) >= 11 is 1.68. The highest BCUT2D eigenvalue weighted by Crippen LogP contribution is 2.25. The molecule has 7 heteroatoms. The van der Waals surface area contributed by atoms with E-state index in [1.807, 2.05) is 30.3 Å². The normalized spacial score (nSPS) is 10.7. The molecular weight excluding hydrogens is 564 g/mol. The summed E-state index contributed by atoms with van der Waals surface area (Å²) in [4.78, 5) is 25.2. The van der Waals surface area contributed by atoms with Gasteiger partial charge in [-0.25, -0.2) is 0 Å². The summed E-state index contributed by atoms with van der Waals surface area (Å²) < 4.78 is 8.18. The maximum atomic E-state index is 12.8. The van der Waals surface area contributed by atoms with Crippen molar-refractivity contribution >= 4 is 28.7 Å². The average Bonchev–Trinajstić information content (AvgIpc) is 3.45. The fourth-order valence-electron chi connectivity index (χ4n) is 5.12. The average molecular weight is 613 g/mol. The molecule has 0 saturated carbocycles. The summed E-state index contributed by atoms with van der Waals surface area (Å²) in [6.07, 6.45) is 17.9. The van der Waals surface area contributed by atoms with Crippen molar-refractivity contribution in [2.45, 2.75) is 111 Å². The fraction of sp³-hybridized carbons (Fsp3) is 0.514. The van der Waals surface area contributed by atoms with Gasteiger partial charge in [-0.1, -0.05) is 101 Å². The Hall–Kier alpha value is -2.70. The van der Waals surface area contributed by atoms with E-state index in [4.69, 9.17) is 4.74 Å². The van der Waals surface area contributed by atoms with Gasteiger partial charge in [0.25, 0.3) is 5.01 Å². The molecule has 3 aromatic rings. The number of Topliss-reactive ketones (excluding diaryl/α,β-unsaturated/α-hetero) is 1. The highest BCUT2D eigenvalue weighted by molar-refractivity contribution is 7.12. The third kappa shape index (κ3) is 12.3. The lowest BCUT2D eigenvalue weighted by molar-refractivity contribution is -0.678. The third-order valence-corrected chi connectivity index (χ3v) is 8.41. The molecule has 1 N–H and O–H groups in total. The first-order valence-electron chi connectivity index (χ1n) is 15.7. The molecule has 3 rings (SSSR count). The van der Waals surface area contributed by atoms with Gasteiger partial charge in [0.1, 0.15) is 12.3 Å². The summed E-state index contributed by atoms with van der Waals surface area (Å²) in [5, 5.41) is 6.25. The second-order valence-corrected chi connectivity index (χ2v) is 11.8. The van der Waals surface area contributed by atoms with Gasteiger partial charge >= 0.3 is 0 Å². The maximum absolute atomic E-state index is 12.8. The molecule has 1 amide bonds. The van der Waals surface area contributed by atoms with Crippen LogP contribution in [-0.2, 0) is 17.8 Å². The van der Waals surface area contributed by atoms with Crippen LogP contribution < -0.4 is 27.0 Å². The number of hydrogen-bond acceptors (Lipinski definition) is 4. The molecule has 0 aliphatic rings. The van der Waals surface area contributed by atoms with Crippen molar-refractivity contribution in [3.05, 3.63) is 65.2 Å². The number of benzene rings is 2. The number of anilines is 1. The van der Waals surface area contributed by atoms with Gasteiger partial charge in [-0.15, -0.1) is 0 Å². The van der Waals surface area contributed by atoms with Crippen molar-refractivity contribution in [3.63, 3.8) is 0 Å². The zero-order valence-corrected chi connectivity index (χ0v) is 27.3. The topological polar surface area (TPSA) is 59.3 Å². The van der Waals surface area contributed by atoms with Crippen molar-refractivity contribution in [1.29, 1.82) is 0 Å². The van der Waals surface area contributed by atoms with Crippen molar-refractivity contribution < 1.29 is 31.3 Å². The number of amides is 1. The lowest BCUT2D eigenvalue weighted by Gasteiger charge is -2.12. The second kappa shape index (κ2) is 20.2. The zero-order valence-electron chi connectivity index (χ0n) is 25.8. The van der Waals surface area contributed by atoms with Crippen LogP contribution >= 0.6 is 11.3 Å². The lowest BCUT2D eigenvalue weighted by Crippen LogP contribution is -3.00. The Morgan fingerprint density at radius 1 is 0.857 bits per heavy atom. The number of carbonyl (C=O) groups excluding carboxylic acids is 2. The highest BCUT2D eigenvalue weighted by Gasteiger charge is 2.15. The van der Waals surface area contributed by atoms with Crippen LogP contribution in [0.1, 0.15) is 114 Å². The van der Waals surface area contributed by atoms with E-state index < -0.39 is 0 Å². The SMILES string of the molecule is CCCCCCCCCCCCCCOc1ccc(CC(=O)Nc2cccc(-c3scc[n+]3CC)c2)cc1C(C)=O.[Cl-]. The number of rotatable bonds is 20. The predicted molar refractivity (Wildman–Crippen MR) is 171 cm³/mol. The van der Waals surface area contributed by atoms with E-state index >= 15 is 0 Å². The monoisotopic (exact) mass is 612 g/mol. The van der Waals surface area contributed by atoms with Crippen LogP contribution in [-0.4, -0.2) is 18.3 Å². The molecule has 2 aromatic carbocycles. The van der Waals surface area contributed by atoms with Gasteiger partial charge in [0.15, 0.2) is 12.0 Å². The minimum atomic E-state index is -0.114. The number of aryl methyl sites for hydroxylation is 1. The van der Waals surface area contributed by atoms with E-state index in [0.717, 1.165) is 41.2 Å². The first-order valence-corrected chi connectivity index (χ1v) is 16.5. The summed E-state index contributed by atoms with van der Waals surface area (Å²) in [5.41, 5.74) is 3.17. The third-order valence-electron chi connectivity index (χ3n) is 7.46. The van der Waals surface area contributed by atoms with E-state index in [9.17, 15) is 9.59 Å². The molecule has 230 valence electrons. The Kier molecular flexibility index (Phi) is 17.1. The Balaban J connectivity index is 0.00000616. The number of unbranched alkanes of at least 4 members (excludes halogenated alkanes) is 11. The highest BCUT2D eigenvalue weighted by atomic mass is 35.5. The minimum Gasteiger partial charge on any atom is -1.00 e. The summed E-state index contributed by atoms with van der Waals surface area (Å²) in [5.74, 6) is 0.443. The Morgan fingerprint density at radius 3 is 2.17 bits per heavy atom. The van der Waals surface area contributed by atoms with Gasteiger partial charge < -0.3 is 22.5 Å². The molecule has 5 nitrogen and oxygen atoms in total. The van der Waals surface area contributed by atoms with E-state index in [-0.39, 0.29) is 30.5 Å². The largest absolute Gasteiger partial charge is 1.00 e. The standard InChI is InChI=1S/C35H48N2O3S.ClH/c1-4-6-7-8-9-10-11-12-13-14-15-16-23-40-33-21-20-29(25-32(33)28(3)38)26-34(39)36-31-19-17-18-30(27-31)35-37(5-2)22-24-41-35;/h17-22,24-25,27H,4-16,23,26H2,1-3H3;1H. The van der Waals surface area contributed by atoms with Crippen LogP contribution in [0.15, 0.2) is 54.0 Å². The van der Waals surface area contributed by atoms with Crippen LogP contribution in [0.25, 0.3) is 10.6 Å². The Bertz CT molecular complexity index is 1230. The molecule has 0 unspecified atom stereocenters. The smallest absolute Gasteiger partial charge is 0.269 e. The molecule has 0 aliphatic carbocycles. The Morgan fingerprint density at radius 2 is 1.52 bits per heavy atom. The number of nitrogens with one attached hydrogen (secondary N) is 1. The first kappa shape index (κ1) is 35.5. The molecule has 0 saturated heterocycles. The summed E-state index contributed by atoms with van der Waals surface area (Å²) in [6.45, 7) is 7.44. The lowest BCUT2D eigenvalue weighted by atomic mass is 10.0. The molecule has 0 atom stereocenters. The number of ether oxygens (including phenoxy) is 1. The van der Waals surface area contributed by atoms with Gasteiger partial charge in [-0.3, -0.25) is 9.59 Å². The molecule has 0 spiro atoms. The van der Waals surface area contributed by atoms with Crippen molar-refractivity contribution in [3.8, 4) is 16.3 Å². The molecule has 1 aromatic heterocycles. The molecule has 1 heterocycles. The van der Waals surface area contributed by atoms with Crippen LogP contribution in [0.3, 0.4) is 0 Å². The van der Waals surface area contributed by atoms with Gasteiger partial charge in [0.05, 0.1) is 29.5 Å². The molecule has 0 aliphatic heterocycles. The number of nitrogens with zero attached hydrogens (tertiary/aromatic N) is 1. The van der Waals surface area contributed by atoms with Crippen LogP contribution in [0, 0.1) is 0 Å². The zero-order chi connectivity index (χ0) is 29.3. The van der Waals surface area contributed by atoms with E-state index in [1.54, 1.807) is 24.3 Å². The second-order valence-electron chi connectivity index (χ2n) is 10.9. The predicted octanol–water partition coefficient (Wildman–Crippen LogP) is 6.19. The summed E-state index contributed by atoms with van der Waals surface area (Å²) in [7, 11) is 0. The molecule has 0 radical (unpaired) electrons. The van der Waals surface area contributed by atoms with Gasteiger partial charge in [-0.2, -0.15) is 4.57 Å². The molecule has 0 bridgehead atoms. The number of halogens is 1. The maximum Gasteiger partial charge on any atom is 0.269 e. The fourth-order valence-corrected chi connectivity index (χ4v) is 6.05. The number of carbonyl (C=O) groups is 2. The molecule has 0 fully saturated rings. The van der Waals surface area contributed by atoms with E-state index in [1.165, 1.54) is 64.2 Å². The van der Waals surface area contributed by atoms with Crippen molar-refractivity contribution in [1.82, 2.24) is 0 Å². The van der Waals surface area contributed by atoms with Gasteiger partial charge in [0, 0.05) is 5.69 Å². The van der Waals surface area contributed by atoms with Crippen LogP contribution in [0.4, 0.5) is 5.69 Å².